The average molecular weight is 432 g/mol. The van der Waals surface area contributed by atoms with Gasteiger partial charge in [0.1, 0.15) is 11.4 Å². The van der Waals surface area contributed by atoms with Crippen molar-refractivity contribution in [1.29, 1.82) is 0 Å². The number of rotatable bonds is 7. The third-order valence-electron chi connectivity index (χ3n) is 4.99. The Morgan fingerprint density at radius 3 is 2.59 bits per heavy atom. The number of thioether (sulfide) groups is 1. The molecule has 0 N–H and O–H groups in total. The van der Waals surface area contributed by atoms with Gasteiger partial charge in [-0.1, -0.05) is 56.1 Å². The molecule has 0 bridgehead atoms. The van der Waals surface area contributed by atoms with E-state index in [-0.39, 0.29) is 17.3 Å². The highest BCUT2D eigenvalue weighted by molar-refractivity contribution is 7.99. The normalized spacial score (nSPS) is 18.7. The van der Waals surface area contributed by atoms with E-state index in [0.717, 1.165) is 24.8 Å². The van der Waals surface area contributed by atoms with Gasteiger partial charge in [0, 0.05) is 16.3 Å². The Kier molecular flexibility index (Phi) is 7.62. The summed E-state index contributed by atoms with van der Waals surface area (Å²) in [5.41, 5.74) is 2.65. The van der Waals surface area contributed by atoms with E-state index in [1.165, 1.54) is 5.56 Å². The molecule has 3 rings (SSSR count). The zero-order valence-electron chi connectivity index (χ0n) is 16.8. The molecule has 1 saturated heterocycles. The molecule has 154 valence electrons. The van der Waals surface area contributed by atoms with Gasteiger partial charge in [-0.25, -0.2) is 4.79 Å². The van der Waals surface area contributed by atoms with Gasteiger partial charge >= 0.3 is 5.97 Å². The van der Waals surface area contributed by atoms with E-state index in [9.17, 15) is 9.59 Å². The molecule has 0 spiro atoms. The van der Waals surface area contributed by atoms with Crippen LogP contribution in [0.2, 0.25) is 5.02 Å². The molecule has 0 radical (unpaired) electrons. The summed E-state index contributed by atoms with van der Waals surface area (Å²) in [7, 11) is 0. The van der Waals surface area contributed by atoms with Crippen molar-refractivity contribution in [3.8, 4) is 0 Å². The van der Waals surface area contributed by atoms with Crippen molar-refractivity contribution in [1.82, 2.24) is 4.90 Å². The molecule has 2 unspecified atom stereocenters. The molecule has 6 heteroatoms. The number of carbonyl (C=O) groups is 2. The number of esters is 1. The molecule has 2 aromatic rings. The number of unbranched alkanes of at least 4 members (excludes halogenated alkanes) is 1. The predicted molar refractivity (Wildman–Crippen MR) is 118 cm³/mol. The van der Waals surface area contributed by atoms with Crippen LogP contribution >= 0.6 is 23.4 Å². The number of hydrogen-bond donors (Lipinski definition) is 0. The van der Waals surface area contributed by atoms with Crippen LogP contribution in [-0.4, -0.2) is 35.2 Å². The predicted octanol–water partition coefficient (Wildman–Crippen LogP) is 5.50. The number of ether oxygens (including phenoxy) is 1. The van der Waals surface area contributed by atoms with Gasteiger partial charge in [0.15, 0.2) is 0 Å². The summed E-state index contributed by atoms with van der Waals surface area (Å²) < 4.78 is 5.45. The molecule has 2 atom stereocenters. The summed E-state index contributed by atoms with van der Waals surface area (Å²) in [6.45, 7) is 4.50. The number of halogens is 1. The van der Waals surface area contributed by atoms with Crippen LogP contribution in [0.4, 0.5) is 0 Å². The van der Waals surface area contributed by atoms with Crippen LogP contribution in [0.3, 0.4) is 0 Å². The summed E-state index contributed by atoms with van der Waals surface area (Å²) in [6.07, 6.45) is 2.67. The third-order valence-corrected chi connectivity index (χ3v) is 6.55. The van der Waals surface area contributed by atoms with E-state index in [1.807, 2.05) is 49.4 Å². The van der Waals surface area contributed by atoms with Gasteiger partial charge in [0.25, 0.3) is 5.91 Å². The lowest BCUT2D eigenvalue weighted by Gasteiger charge is -2.29. The summed E-state index contributed by atoms with van der Waals surface area (Å²) >= 11 is 7.74. The van der Waals surface area contributed by atoms with Gasteiger partial charge in [-0.05, 0) is 48.2 Å². The maximum Gasteiger partial charge on any atom is 0.329 e. The standard InChI is InChI=1S/C23H26ClNO3S/c1-3-5-13-28-23(27)20-15-29-22(18-7-6-8-19(24)14-18)25(20)21(26)17-11-9-16(4-2)10-12-17/h6-12,14,20,22H,3-5,13,15H2,1-2H3. The number of amides is 1. The molecule has 0 aromatic heterocycles. The second-order valence-corrected chi connectivity index (χ2v) is 8.59. The van der Waals surface area contributed by atoms with Crippen LogP contribution < -0.4 is 0 Å². The molecule has 1 aliphatic heterocycles. The van der Waals surface area contributed by atoms with Crippen molar-refractivity contribution in [2.75, 3.05) is 12.4 Å². The number of nitrogens with zero attached hydrogens (tertiary/aromatic N) is 1. The maximum absolute atomic E-state index is 13.4. The molecular weight excluding hydrogens is 406 g/mol. The smallest absolute Gasteiger partial charge is 0.329 e. The third kappa shape index (κ3) is 5.14. The van der Waals surface area contributed by atoms with Crippen molar-refractivity contribution in [3.05, 3.63) is 70.2 Å². The van der Waals surface area contributed by atoms with Crippen LogP contribution in [0.5, 0.6) is 0 Å². The Bertz CT molecular complexity index is 855. The first-order chi connectivity index (χ1) is 14.0. The second kappa shape index (κ2) is 10.2. The fraction of sp³-hybridized carbons (Fsp3) is 0.391. The maximum atomic E-state index is 13.4. The highest BCUT2D eigenvalue weighted by Gasteiger charge is 2.43. The Morgan fingerprint density at radius 1 is 1.17 bits per heavy atom. The van der Waals surface area contributed by atoms with E-state index in [0.29, 0.717) is 22.9 Å². The minimum Gasteiger partial charge on any atom is -0.464 e. The molecule has 29 heavy (non-hydrogen) atoms. The summed E-state index contributed by atoms with van der Waals surface area (Å²) in [6, 6.07) is 14.4. The van der Waals surface area contributed by atoms with Gasteiger partial charge in [0.05, 0.1) is 6.61 Å². The van der Waals surface area contributed by atoms with Crippen molar-refractivity contribution in [2.24, 2.45) is 0 Å². The first kappa shape index (κ1) is 21.7. The summed E-state index contributed by atoms with van der Waals surface area (Å²) in [5.74, 6) is -0.00457. The summed E-state index contributed by atoms with van der Waals surface area (Å²) in [5, 5.41) is 0.326. The topological polar surface area (TPSA) is 46.6 Å². The van der Waals surface area contributed by atoms with E-state index in [2.05, 4.69) is 6.92 Å². The van der Waals surface area contributed by atoms with Crippen LogP contribution in [0, 0.1) is 0 Å². The fourth-order valence-corrected chi connectivity index (χ4v) is 4.90. The van der Waals surface area contributed by atoms with Gasteiger partial charge in [0.2, 0.25) is 0 Å². The zero-order chi connectivity index (χ0) is 20.8. The number of benzene rings is 2. The van der Waals surface area contributed by atoms with Crippen molar-refractivity contribution in [3.63, 3.8) is 0 Å². The number of hydrogen-bond acceptors (Lipinski definition) is 4. The van der Waals surface area contributed by atoms with Crippen molar-refractivity contribution < 1.29 is 14.3 Å². The first-order valence-electron chi connectivity index (χ1n) is 10.0. The second-order valence-electron chi connectivity index (χ2n) is 7.04. The largest absolute Gasteiger partial charge is 0.464 e. The van der Waals surface area contributed by atoms with Crippen LogP contribution in [0.1, 0.15) is 53.5 Å². The minimum absolute atomic E-state index is 0.167. The Morgan fingerprint density at radius 2 is 1.93 bits per heavy atom. The van der Waals surface area contributed by atoms with E-state index in [4.69, 9.17) is 16.3 Å². The molecular formula is C23H26ClNO3S. The molecule has 0 saturated carbocycles. The van der Waals surface area contributed by atoms with Crippen molar-refractivity contribution in [2.45, 2.75) is 44.5 Å². The number of carbonyl (C=O) groups excluding carboxylic acids is 2. The highest BCUT2D eigenvalue weighted by atomic mass is 35.5. The number of aryl methyl sites for hydroxylation is 1. The summed E-state index contributed by atoms with van der Waals surface area (Å²) in [4.78, 5) is 27.8. The van der Waals surface area contributed by atoms with Gasteiger partial charge in [-0.15, -0.1) is 11.8 Å². The average Bonchev–Trinajstić information content (AvgIpc) is 3.18. The van der Waals surface area contributed by atoms with Gasteiger partial charge < -0.3 is 9.64 Å². The van der Waals surface area contributed by atoms with Crippen LogP contribution in [0.25, 0.3) is 0 Å². The SMILES string of the molecule is CCCCOC(=O)C1CSC(c2cccc(Cl)c2)N1C(=O)c1ccc(CC)cc1. The Hall–Kier alpha value is -1.98. The molecule has 0 aliphatic carbocycles. The minimum atomic E-state index is -0.612. The van der Waals surface area contributed by atoms with Crippen LogP contribution in [0.15, 0.2) is 48.5 Å². The monoisotopic (exact) mass is 431 g/mol. The van der Waals surface area contributed by atoms with Gasteiger partial charge in [-0.2, -0.15) is 0 Å². The van der Waals surface area contributed by atoms with Crippen LogP contribution in [-0.2, 0) is 16.0 Å². The highest BCUT2D eigenvalue weighted by Crippen LogP contribution is 2.43. The molecule has 2 aromatic carbocycles. The van der Waals surface area contributed by atoms with E-state index in [1.54, 1.807) is 22.7 Å². The molecule has 1 amide bonds. The zero-order valence-corrected chi connectivity index (χ0v) is 18.3. The Labute approximate surface area is 181 Å². The lowest BCUT2D eigenvalue weighted by Crippen LogP contribution is -2.44. The lowest BCUT2D eigenvalue weighted by atomic mass is 10.1. The molecule has 1 heterocycles. The molecule has 1 fully saturated rings. The lowest BCUT2D eigenvalue weighted by molar-refractivity contribution is -0.148. The quantitative estimate of drug-likeness (QED) is 0.428. The Balaban J connectivity index is 1.90. The fourth-order valence-electron chi connectivity index (χ4n) is 3.30. The van der Waals surface area contributed by atoms with Gasteiger partial charge in [-0.3, -0.25) is 4.79 Å². The molecule has 1 aliphatic rings. The van der Waals surface area contributed by atoms with E-state index >= 15 is 0 Å². The van der Waals surface area contributed by atoms with Crippen molar-refractivity contribution >= 4 is 35.2 Å². The molecule has 4 nitrogen and oxygen atoms in total. The first-order valence-corrected chi connectivity index (χ1v) is 11.4. The van der Waals surface area contributed by atoms with E-state index < -0.39 is 6.04 Å².